The number of thiophene rings is 2. The van der Waals surface area contributed by atoms with E-state index in [9.17, 15) is 0 Å². The lowest BCUT2D eigenvalue weighted by atomic mass is 9.71. The lowest BCUT2D eigenvalue weighted by molar-refractivity contribution is 0.397. The molecule has 0 atom stereocenters. The fourth-order valence-corrected chi connectivity index (χ4v) is 12.3. The van der Waals surface area contributed by atoms with Crippen LogP contribution in [0.2, 0.25) is 0 Å². The van der Waals surface area contributed by atoms with Crippen molar-refractivity contribution in [1.82, 2.24) is 13.7 Å². The number of nitrogens with zero attached hydrogens (tertiary/aromatic N) is 3. The van der Waals surface area contributed by atoms with Crippen LogP contribution in [0, 0.1) is 13.8 Å². The Balaban J connectivity index is 1.15. The van der Waals surface area contributed by atoms with Gasteiger partial charge in [-0.1, -0.05) is 194 Å². The van der Waals surface area contributed by atoms with E-state index in [0.29, 0.717) is 0 Å². The molecule has 1 aliphatic rings. The van der Waals surface area contributed by atoms with Crippen molar-refractivity contribution in [2.75, 3.05) is 0 Å². The average Bonchev–Trinajstić information content (AvgIpc) is 3.97. The fourth-order valence-electron chi connectivity index (χ4n) is 9.19. The maximum atomic E-state index is 4.97. The van der Waals surface area contributed by atoms with Crippen molar-refractivity contribution in [2.24, 2.45) is 0 Å². The first-order chi connectivity index (χ1) is 26.6. The van der Waals surface area contributed by atoms with Crippen molar-refractivity contribution >= 4 is 45.4 Å². The van der Waals surface area contributed by atoms with Crippen molar-refractivity contribution in [3.05, 3.63) is 39.9 Å². The summed E-state index contributed by atoms with van der Waals surface area (Å²) in [6, 6.07) is 5.12. The summed E-state index contributed by atoms with van der Waals surface area (Å²) in [5.41, 5.74) is 7.54. The molecule has 0 radical (unpaired) electrons. The number of hydrogen-bond acceptors (Lipinski definition) is 6. The highest BCUT2D eigenvalue weighted by atomic mass is 32.1. The summed E-state index contributed by atoms with van der Waals surface area (Å²) in [5.74, 6) is 0. The van der Waals surface area contributed by atoms with Gasteiger partial charge in [0.05, 0.1) is 16.6 Å². The van der Waals surface area contributed by atoms with Gasteiger partial charge in [0.15, 0.2) is 0 Å². The predicted octanol–water partition coefficient (Wildman–Crippen LogP) is 17.5. The minimum absolute atomic E-state index is 0.141. The predicted molar refractivity (Wildman–Crippen MR) is 242 cm³/mol. The van der Waals surface area contributed by atoms with Gasteiger partial charge in [-0.3, -0.25) is 4.98 Å². The number of hydrogen-bond donors (Lipinski definition) is 0. The van der Waals surface area contributed by atoms with Gasteiger partial charge in [-0.25, -0.2) is 0 Å². The van der Waals surface area contributed by atoms with E-state index in [1.54, 1.807) is 16.0 Å². The van der Waals surface area contributed by atoms with E-state index in [1.807, 2.05) is 28.9 Å². The Morgan fingerprint density at radius 3 is 1.37 bits per heavy atom. The van der Waals surface area contributed by atoms with Crippen LogP contribution in [-0.2, 0) is 5.41 Å². The normalized spacial score (nSPS) is 13.3. The third kappa shape index (κ3) is 12.4. The summed E-state index contributed by atoms with van der Waals surface area (Å²) in [5, 5.41) is 0. The highest BCUT2D eigenvalue weighted by Gasteiger charge is 2.45. The summed E-state index contributed by atoms with van der Waals surface area (Å²) in [4.78, 5) is 10.8. The monoisotopic (exact) mass is 790 g/mol. The van der Waals surface area contributed by atoms with Crippen LogP contribution in [0.3, 0.4) is 0 Å². The molecule has 6 heteroatoms. The summed E-state index contributed by atoms with van der Waals surface area (Å²) in [7, 11) is 0. The van der Waals surface area contributed by atoms with Crippen LogP contribution in [0.1, 0.15) is 228 Å². The SMILES string of the molecule is CCCCCCCCCCCCCCCCC1(CCCCCCCCCCCCCCCC)c2cc(C)sc2-c2sc(-c3ncc(C)c4nsnc34)cc21. The number of aryl methyl sites for hydroxylation is 2. The maximum absolute atomic E-state index is 4.97. The maximum Gasteiger partial charge on any atom is 0.132 e. The van der Waals surface area contributed by atoms with Crippen LogP contribution in [0.5, 0.6) is 0 Å². The van der Waals surface area contributed by atoms with Crippen LogP contribution in [0.25, 0.3) is 31.4 Å². The molecule has 0 fully saturated rings. The highest BCUT2D eigenvalue weighted by Crippen LogP contribution is 2.60. The van der Waals surface area contributed by atoms with Crippen molar-refractivity contribution in [3.8, 4) is 20.3 Å². The molecular formula is C48H75N3S3. The van der Waals surface area contributed by atoms with E-state index in [4.69, 9.17) is 9.36 Å². The summed E-state index contributed by atoms with van der Waals surface area (Å²) < 4.78 is 9.38. The lowest BCUT2D eigenvalue weighted by Crippen LogP contribution is -2.25. The number of rotatable bonds is 31. The molecule has 4 aromatic rings. The van der Waals surface area contributed by atoms with Gasteiger partial charge in [-0.2, -0.15) is 8.75 Å². The van der Waals surface area contributed by atoms with Gasteiger partial charge in [-0.15, -0.1) is 22.7 Å². The van der Waals surface area contributed by atoms with Crippen LogP contribution in [-0.4, -0.2) is 13.7 Å². The Kier molecular flexibility index (Phi) is 19.5. The molecule has 0 saturated carbocycles. The zero-order valence-electron chi connectivity index (χ0n) is 35.0. The third-order valence-corrected chi connectivity index (χ3v) is 15.3. The van der Waals surface area contributed by atoms with Crippen LogP contribution < -0.4 is 0 Å². The zero-order chi connectivity index (χ0) is 37.9. The molecule has 54 heavy (non-hydrogen) atoms. The van der Waals surface area contributed by atoms with E-state index in [-0.39, 0.29) is 5.41 Å². The van der Waals surface area contributed by atoms with Crippen molar-refractivity contribution in [2.45, 2.75) is 226 Å². The fraction of sp³-hybridized carbons (Fsp3) is 0.729. The number of aromatic nitrogens is 3. The smallest absolute Gasteiger partial charge is 0.132 e. The molecule has 0 unspecified atom stereocenters. The van der Waals surface area contributed by atoms with Crippen LogP contribution in [0.15, 0.2) is 18.3 Å². The summed E-state index contributed by atoms with van der Waals surface area (Å²) in [6.07, 6.45) is 44.2. The Bertz CT molecular complexity index is 1580. The van der Waals surface area contributed by atoms with Crippen LogP contribution in [0.4, 0.5) is 0 Å². The molecule has 0 aromatic carbocycles. The minimum atomic E-state index is 0.141. The second kappa shape index (κ2) is 24.2. The molecule has 0 aliphatic heterocycles. The molecule has 4 heterocycles. The molecular weight excluding hydrogens is 715 g/mol. The zero-order valence-corrected chi connectivity index (χ0v) is 37.5. The second-order valence-corrected chi connectivity index (χ2v) is 19.8. The first kappa shape index (κ1) is 43.5. The molecule has 0 bridgehead atoms. The van der Waals surface area contributed by atoms with Crippen molar-refractivity contribution in [1.29, 1.82) is 0 Å². The summed E-state index contributed by atoms with van der Waals surface area (Å²) >= 11 is 5.31. The van der Waals surface area contributed by atoms with Gasteiger partial charge in [0.2, 0.25) is 0 Å². The van der Waals surface area contributed by atoms with E-state index < -0.39 is 0 Å². The second-order valence-electron chi connectivity index (χ2n) is 17.0. The number of pyridine rings is 1. The van der Waals surface area contributed by atoms with Gasteiger partial charge < -0.3 is 0 Å². The first-order valence-corrected chi connectivity index (χ1v) is 25.3. The molecule has 4 aromatic heterocycles. The molecule has 0 N–H and O–H groups in total. The molecule has 0 spiro atoms. The largest absolute Gasteiger partial charge is 0.253 e. The molecule has 300 valence electrons. The third-order valence-electron chi connectivity index (χ3n) is 12.4. The van der Waals surface area contributed by atoms with E-state index >= 15 is 0 Å². The Morgan fingerprint density at radius 1 is 0.481 bits per heavy atom. The molecule has 5 rings (SSSR count). The average molecular weight is 790 g/mol. The summed E-state index contributed by atoms with van der Waals surface area (Å²) in [6.45, 7) is 9.05. The number of fused-ring (bicyclic) bond motifs is 4. The van der Waals surface area contributed by atoms with Gasteiger partial charge >= 0.3 is 0 Å². The van der Waals surface area contributed by atoms with Gasteiger partial charge in [-0.05, 0) is 55.5 Å². The molecule has 3 nitrogen and oxygen atoms in total. The number of unbranched alkanes of at least 4 members (excludes halogenated alkanes) is 26. The Hall–Kier alpha value is -1.63. The quantitative estimate of drug-likeness (QED) is 0.0477. The molecule has 1 aliphatic carbocycles. The first-order valence-electron chi connectivity index (χ1n) is 22.9. The van der Waals surface area contributed by atoms with E-state index in [0.717, 1.165) is 22.3 Å². The van der Waals surface area contributed by atoms with Gasteiger partial charge in [0, 0.05) is 26.2 Å². The van der Waals surface area contributed by atoms with E-state index in [1.165, 1.54) is 219 Å². The standard InChI is InChI=1S/C48H75N3S3/c1-5-7-9-11-13-15-17-19-21-23-25-27-29-31-33-48(34-32-30-28-26-24-22-20-18-16-14-12-10-8-6-2)40-35-39(4)52-46(40)47-41(48)36-42(53-47)44-45-43(50-54-51-45)38(3)37-49-44/h35-37H,5-34H2,1-4H3. The van der Waals surface area contributed by atoms with Crippen molar-refractivity contribution < 1.29 is 0 Å². The van der Waals surface area contributed by atoms with Crippen molar-refractivity contribution in [3.63, 3.8) is 0 Å². The van der Waals surface area contributed by atoms with Gasteiger partial charge in [0.25, 0.3) is 0 Å². The highest BCUT2D eigenvalue weighted by molar-refractivity contribution is 7.24. The molecule has 0 amide bonds. The van der Waals surface area contributed by atoms with E-state index in [2.05, 4.69) is 44.2 Å². The Labute approximate surface area is 343 Å². The minimum Gasteiger partial charge on any atom is -0.253 e. The lowest BCUT2D eigenvalue weighted by Gasteiger charge is -2.31. The van der Waals surface area contributed by atoms with Crippen LogP contribution >= 0.6 is 34.4 Å². The molecule has 0 saturated heterocycles. The Morgan fingerprint density at radius 2 is 0.889 bits per heavy atom. The van der Waals surface area contributed by atoms with Gasteiger partial charge in [0.1, 0.15) is 16.7 Å². The topological polar surface area (TPSA) is 38.7 Å².